The van der Waals surface area contributed by atoms with Gasteiger partial charge >= 0.3 is 35.5 Å². The second kappa shape index (κ2) is 6.39. The van der Waals surface area contributed by atoms with Crippen molar-refractivity contribution < 1.29 is 47.9 Å². The second-order valence-corrected chi connectivity index (χ2v) is 3.30. The SMILES string of the molecule is CCOC(=O)c1cnn(C)c1S(=O)[O-].[Na+]. The third kappa shape index (κ3) is 3.39. The fourth-order valence-electron chi connectivity index (χ4n) is 0.973. The van der Waals surface area contributed by atoms with Crippen LogP contribution in [0.15, 0.2) is 11.2 Å². The fraction of sp³-hybridized carbons (Fsp3) is 0.429. The molecule has 1 rings (SSSR count). The number of nitrogens with zero attached hydrogens (tertiary/aromatic N) is 2. The van der Waals surface area contributed by atoms with Crippen LogP contribution in [-0.4, -0.2) is 31.1 Å². The van der Waals surface area contributed by atoms with Gasteiger partial charge in [0.1, 0.15) is 10.6 Å². The first kappa shape index (κ1) is 14.8. The van der Waals surface area contributed by atoms with Gasteiger partial charge in [-0.3, -0.25) is 8.89 Å². The number of carbonyl (C=O) groups excluding carboxylic acids is 1. The molecule has 0 N–H and O–H groups in total. The molecule has 1 atom stereocenters. The van der Waals surface area contributed by atoms with Crippen LogP contribution in [0.1, 0.15) is 17.3 Å². The minimum absolute atomic E-state index is 0. The van der Waals surface area contributed by atoms with Crippen LogP contribution in [0, 0.1) is 0 Å². The average molecular weight is 240 g/mol. The summed E-state index contributed by atoms with van der Waals surface area (Å²) in [5.74, 6) is -0.681. The average Bonchev–Trinajstić information content (AvgIpc) is 2.47. The number of rotatable bonds is 3. The van der Waals surface area contributed by atoms with Crippen molar-refractivity contribution in [3.05, 3.63) is 11.8 Å². The van der Waals surface area contributed by atoms with E-state index in [1.165, 1.54) is 13.2 Å². The van der Waals surface area contributed by atoms with E-state index in [9.17, 15) is 13.6 Å². The number of carbonyl (C=O) groups is 1. The molecule has 0 aromatic carbocycles. The van der Waals surface area contributed by atoms with Crippen molar-refractivity contribution in [3.8, 4) is 0 Å². The summed E-state index contributed by atoms with van der Waals surface area (Å²) in [4.78, 5) is 11.2. The summed E-state index contributed by atoms with van der Waals surface area (Å²) >= 11 is -2.50. The molecule has 15 heavy (non-hydrogen) atoms. The number of aromatic nitrogens is 2. The third-order valence-corrected chi connectivity index (χ3v) is 2.34. The zero-order valence-electron chi connectivity index (χ0n) is 8.72. The largest absolute Gasteiger partial charge is 1.00 e. The number of hydrogen-bond acceptors (Lipinski definition) is 5. The Morgan fingerprint density at radius 3 is 2.80 bits per heavy atom. The number of ether oxygens (including phenoxy) is 1. The molecular formula is C7H9N2NaO4S. The molecule has 8 heteroatoms. The maximum absolute atomic E-state index is 11.2. The van der Waals surface area contributed by atoms with Gasteiger partial charge in [0.05, 0.1) is 12.8 Å². The Morgan fingerprint density at radius 1 is 1.73 bits per heavy atom. The smallest absolute Gasteiger partial charge is 0.767 e. The Bertz CT molecular complexity index is 379. The van der Waals surface area contributed by atoms with E-state index >= 15 is 0 Å². The van der Waals surface area contributed by atoms with Gasteiger partial charge in [0.15, 0.2) is 0 Å². The van der Waals surface area contributed by atoms with Gasteiger partial charge in [-0.15, -0.1) is 0 Å². The molecule has 0 radical (unpaired) electrons. The molecule has 78 valence electrons. The van der Waals surface area contributed by atoms with Crippen LogP contribution in [0.4, 0.5) is 0 Å². The normalized spacial score (nSPS) is 11.7. The monoisotopic (exact) mass is 240 g/mol. The van der Waals surface area contributed by atoms with Gasteiger partial charge < -0.3 is 9.29 Å². The molecule has 6 nitrogen and oxygen atoms in total. The van der Waals surface area contributed by atoms with Crippen LogP contribution in [0.2, 0.25) is 0 Å². The van der Waals surface area contributed by atoms with Crippen molar-refractivity contribution in [2.24, 2.45) is 7.05 Å². The van der Waals surface area contributed by atoms with Crippen molar-refractivity contribution in [2.45, 2.75) is 11.9 Å². The van der Waals surface area contributed by atoms with E-state index in [1.54, 1.807) is 6.92 Å². The molecule has 1 aromatic heterocycles. The van der Waals surface area contributed by atoms with Crippen molar-refractivity contribution >= 4 is 17.0 Å². The summed E-state index contributed by atoms with van der Waals surface area (Å²) in [6.07, 6.45) is 1.17. The molecule has 0 saturated heterocycles. The summed E-state index contributed by atoms with van der Waals surface area (Å²) in [6, 6.07) is 0. The number of aryl methyl sites for hydroxylation is 1. The first-order chi connectivity index (χ1) is 6.57. The fourth-order valence-corrected chi connectivity index (χ4v) is 1.55. The molecule has 0 fully saturated rings. The molecule has 0 spiro atoms. The first-order valence-electron chi connectivity index (χ1n) is 3.86. The summed E-state index contributed by atoms with van der Waals surface area (Å²) in [5.41, 5.74) is -0.0392. The number of esters is 1. The summed E-state index contributed by atoms with van der Waals surface area (Å²) in [6.45, 7) is 1.83. The molecule has 0 bridgehead atoms. The Labute approximate surface area is 112 Å². The van der Waals surface area contributed by atoms with Gasteiger partial charge in [-0.05, 0) is 18.0 Å². The Balaban J connectivity index is 0.00000196. The molecule has 0 aliphatic heterocycles. The van der Waals surface area contributed by atoms with Gasteiger partial charge in [0.25, 0.3) is 0 Å². The molecule has 0 saturated carbocycles. The summed E-state index contributed by atoms with van der Waals surface area (Å²) in [7, 11) is 1.44. The van der Waals surface area contributed by atoms with Gasteiger partial charge in [-0.25, -0.2) is 4.79 Å². The zero-order valence-corrected chi connectivity index (χ0v) is 11.5. The topological polar surface area (TPSA) is 84.2 Å². The van der Waals surface area contributed by atoms with Gasteiger partial charge in [0.2, 0.25) is 0 Å². The first-order valence-corrected chi connectivity index (χ1v) is 4.93. The summed E-state index contributed by atoms with van der Waals surface area (Å²) in [5, 5.41) is 3.50. The number of hydrogen-bond donors (Lipinski definition) is 0. The third-order valence-electron chi connectivity index (χ3n) is 1.54. The predicted molar refractivity (Wildman–Crippen MR) is 46.4 cm³/mol. The van der Waals surface area contributed by atoms with Crippen molar-refractivity contribution in [2.75, 3.05) is 6.61 Å². The summed E-state index contributed by atoms with van der Waals surface area (Å²) < 4.78 is 27.3. The van der Waals surface area contributed by atoms with E-state index < -0.39 is 17.0 Å². The molecule has 0 amide bonds. The van der Waals surface area contributed by atoms with Crippen LogP contribution in [0.5, 0.6) is 0 Å². The molecule has 1 heterocycles. The van der Waals surface area contributed by atoms with E-state index in [1.807, 2.05) is 0 Å². The van der Waals surface area contributed by atoms with Crippen molar-refractivity contribution in [3.63, 3.8) is 0 Å². The molecule has 1 unspecified atom stereocenters. The van der Waals surface area contributed by atoms with E-state index in [0.29, 0.717) is 0 Å². The standard InChI is InChI=1S/C7H10N2O4S.Na/c1-3-13-7(10)5-4-8-9(2)6(5)14(11)12;/h4H,3H2,1-2H3,(H,11,12);/q;+1/p-1. The van der Waals surface area contributed by atoms with Gasteiger partial charge in [0, 0.05) is 7.05 Å². The quantitative estimate of drug-likeness (QED) is 0.316. The van der Waals surface area contributed by atoms with Crippen LogP contribution >= 0.6 is 0 Å². The molecule has 0 aliphatic rings. The van der Waals surface area contributed by atoms with Crippen LogP contribution < -0.4 is 29.6 Å². The van der Waals surface area contributed by atoms with E-state index in [4.69, 9.17) is 0 Å². The van der Waals surface area contributed by atoms with Crippen molar-refractivity contribution in [1.82, 2.24) is 9.78 Å². The maximum Gasteiger partial charge on any atom is 1.00 e. The van der Waals surface area contributed by atoms with Crippen LogP contribution in [0.25, 0.3) is 0 Å². The van der Waals surface area contributed by atoms with Gasteiger partial charge in [-0.1, -0.05) is 0 Å². The Kier molecular flexibility index (Phi) is 6.30. The predicted octanol–water partition coefficient (Wildman–Crippen LogP) is -3.16. The molecule has 1 aromatic rings. The molecular weight excluding hydrogens is 231 g/mol. The maximum atomic E-state index is 11.2. The zero-order chi connectivity index (χ0) is 10.7. The van der Waals surface area contributed by atoms with E-state index in [0.717, 1.165) is 4.68 Å². The Hall–Kier alpha value is -0.210. The van der Waals surface area contributed by atoms with E-state index in [-0.39, 0.29) is 46.8 Å². The van der Waals surface area contributed by atoms with Gasteiger partial charge in [-0.2, -0.15) is 5.10 Å². The minimum Gasteiger partial charge on any atom is -0.767 e. The van der Waals surface area contributed by atoms with Crippen LogP contribution in [0.3, 0.4) is 0 Å². The Morgan fingerprint density at radius 2 is 2.33 bits per heavy atom. The second-order valence-electron chi connectivity index (χ2n) is 2.44. The molecule has 0 aliphatic carbocycles. The van der Waals surface area contributed by atoms with Crippen molar-refractivity contribution in [1.29, 1.82) is 0 Å². The van der Waals surface area contributed by atoms with E-state index in [2.05, 4.69) is 9.84 Å². The van der Waals surface area contributed by atoms with Crippen LogP contribution in [-0.2, 0) is 22.9 Å². The minimum atomic E-state index is -2.50.